The van der Waals surface area contributed by atoms with Crippen molar-refractivity contribution in [3.05, 3.63) is 46.1 Å². The van der Waals surface area contributed by atoms with Crippen LogP contribution in [0.15, 0.2) is 39.5 Å². The fourth-order valence-corrected chi connectivity index (χ4v) is 5.33. The maximum atomic E-state index is 13.3. The Hall–Kier alpha value is -3.84. The molecule has 1 aromatic heterocycles. The van der Waals surface area contributed by atoms with Crippen LogP contribution in [0.3, 0.4) is 0 Å². The summed E-state index contributed by atoms with van der Waals surface area (Å²) in [6.07, 6.45) is -15.2. The van der Waals surface area contributed by atoms with Crippen molar-refractivity contribution in [2.45, 2.75) is 62.0 Å². The molecule has 2 aliphatic rings. The standard InChI is InChI=1S/C29H32O16/c1-10(31)42-16-4-3-11(5-18(16)40-2)17-7-14(34)20-12(32)6-13(33)21(26(20)43-17)27-28(22(36)15(35)9-41-27)45-29-25(39)24(38)23(37)19(8-30)44-29/h3-7,15,19,22-25,27-30,32-33,35-39H,8-9H2,1-2H3/t15-,19-,22+,23-,24+,25-,27-,28+,29+/m1/s1. The quantitative estimate of drug-likeness (QED) is 0.112. The third-order valence-corrected chi connectivity index (χ3v) is 7.60. The highest BCUT2D eigenvalue weighted by Crippen LogP contribution is 2.44. The van der Waals surface area contributed by atoms with E-state index in [4.69, 9.17) is 28.1 Å². The second kappa shape index (κ2) is 12.9. The molecule has 2 aromatic carbocycles. The monoisotopic (exact) mass is 636 g/mol. The zero-order valence-electron chi connectivity index (χ0n) is 23.8. The van der Waals surface area contributed by atoms with Crippen molar-refractivity contribution in [1.29, 1.82) is 0 Å². The molecule has 0 radical (unpaired) electrons. The van der Waals surface area contributed by atoms with E-state index < -0.39 is 96.8 Å². The largest absolute Gasteiger partial charge is 0.507 e. The predicted molar refractivity (Wildman–Crippen MR) is 148 cm³/mol. The number of rotatable bonds is 7. The Balaban J connectivity index is 1.62. The summed E-state index contributed by atoms with van der Waals surface area (Å²) in [5.41, 5.74) is -1.19. The van der Waals surface area contributed by atoms with E-state index in [-0.39, 0.29) is 33.8 Å². The van der Waals surface area contributed by atoms with Gasteiger partial charge in [0, 0.05) is 24.6 Å². The van der Waals surface area contributed by atoms with Crippen LogP contribution in [0.2, 0.25) is 0 Å². The highest BCUT2D eigenvalue weighted by Gasteiger charge is 2.49. The van der Waals surface area contributed by atoms with Crippen molar-refractivity contribution in [2.75, 3.05) is 20.3 Å². The van der Waals surface area contributed by atoms with Gasteiger partial charge in [-0.1, -0.05) is 0 Å². The molecule has 8 N–H and O–H groups in total. The van der Waals surface area contributed by atoms with Gasteiger partial charge in [-0.3, -0.25) is 9.59 Å². The number of benzene rings is 2. The number of fused-ring (bicyclic) bond motifs is 1. The number of ether oxygens (including phenoxy) is 5. The van der Waals surface area contributed by atoms with Crippen molar-refractivity contribution in [3.8, 4) is 34.3 Å². The van der Waals surface area contributed by atoms with Gasteiger partial charge in [0.15, 0.2) is 28.8 Å². The molecule has 2 aliphatic heterocycles. The molecule has 244 valence electrons. The van der Waals surface area contributed by atoms with Gasteiger partial charge >= 0.3 is 5.97 Å². The third-order valence-electron chi connectivity index (χ3n) is 7.60. The molecule has 2 saturated heterocycles. The van der Waals surface area contributed by atoms with Crippen molar-refractivity contribution >= 4 is 16.9 Å². The molecule has 3 heterocycles. The van der Waals surface area contributed by atoms with E-state index >= 15 is 0 Å². The summed E-state index contributed by atoms with van der Waals surface area (Å²) >= 11 is 0. The molecular formula is C29H32O16. The van der Waals surface area contributed by atoms with Gasteiger partial charge in [-0.05, 0) is 18.2 Å². The van der Waals surface area contributed by atoms with E-state index in [9.17, 15) is 50.4 Å². The predicted octanol–water partition coefficient (Wildman–Crippen LogP) is -1.22. The van der Waals surface area contributed by atoms with Gasteiger partial charge in [0.25, 0.3) is 0 Å². The number of hydrogen-bond acceptors (Lipinski definition) is 16. The van der Waals surface area contributed by atoms with E-state index in [2.05, 4.69) is 0 Å². The Morgan fingerprint density at radius 1 is 0.956 bits per heavy atom. The van der Waals surface area contributed by atoms with Crippen LogP contribution in [0.5, 0.6) is 23.0 Å². The van der Waals surface area contributed by atoms with Crippen molar-refractivity contribution in [1.82, 2.24) is 0 Å². The summed E-state index contributed by atoms with van der Waals surface area (Å²) < 4.78 is 33.3. The summed E-state index contributed by atoms with van der Waals surface area (Å²) in [6, 6.07) is 6.16. The zero-order chi connectivity index (χ0) is 32.7. The van der Waals surface area contributed by atoms with Crippen LogP contribution in [-0.4, -0.2) is 116 Å². The van der Waals surface area contributed by atoms with Crippen LogP contribution in [0.1, 0.15) is 18.6 Å². The second-order valence-electron chi connectivity index (χ2n) is 10.6. The Labute approximate surface area is 253 Å². The van der Waals surface area contributed by atoms with Gasteiger partial charge in [0.1, 0.15) is 71.5 Å². The van der Waals surface area contributed by atoms with Crippen molar-refractivity contribution in [3.63, 3.8) is 0 Å². The molecule has 2 fully saturated rings. The number of methoxy groups -OCH3 is 1. The lowest BCUT2D eigenvalue weighted by Gasteiger charge is -2.44. The minimum absolute atomic E-state index is 0.0872. The fraction of sp³-hybridized carbons (Fsp3) is 0.448. The van der Waals surface area contributed by atoms with Crippen molar-refractivity contribution in [2.24, 2.45) is 0 Å². The molecule has 0 spiro atoms. The molecule has 0 bridgehead atoms. The molecule has 16 heteroatoms. The van der Waals surface area contributed by atoms with Crippen LogP contribution in [-0.2, 0) is 19.0 Å². The molecular weight excluding hydrogens is 604 g/mol. The number of phenolic OH excluding ortho intramolecular Hbond substituents is 2. The van der Waals surface area contributed by atoms with E-state index in [1.165, 1.54) is 32.2 Å². The Morgan fingerprint density at radius 3 is 2.36 bits per heavy atom. The first-order valence-electron chi connectivity index (χ1n) is 13.7. The normalized spacial score (nSPS) is 30.3. The SMILES string of the molecule is COc1cc(-c2cc(=O)c3c(O)cc(O)c([C@H]4OC[C@@H](O)[C@H](O)[C@@H]4O[C@@H]4O[C@H](CO)[C@@H](O)[C@H](O)[C@H]4O)c3o2)ccc1OC(C)=O. The number of hydrogen-bond donors (Lipinski definition) is 8. The molecule has 0 amide bonds. The van der Waals surface area contributed by atoms with E-state index in [1.54, 1.807) is 0 Å². The summed E-state index contributed by atoms with van der Waals surface area (Å²) in [5, 5.41) is 83.0. The highest BCUT2D eigenvalue weighted by molar-refractivity contribution is 5.89. The second-order valence-corrected chi connectivity index (χ2v) is 10.6. The maximum Gasteiger partial charge on any atom is 0.308 e. The molecule has 0 saturated carbocycles. The smallest absolute Gasteiger partial charge is 0.308 e. The summed E-state index contributed by atoms with van der Waals surface area (Å²) in [5.74, 6) is -1.81. The average Bonchev–Trinajstić information content (AvgIpc) is 2.99. The van der Waals surface area contributed by atoms with E-state index in [0.717, 1.165) is 12.1 Å². The lowest BCUT2D eigenvalue weighted by molar-refractivity contribution is -0.336. The lowest BCUT2D eigenvalue weighted by atomic mass is 9.91. The molecule has 3 aromatic rings. The number of carbonyl (C=O) groups is 1. The maximum absolute atomic E-state index is 13.3. The van der Waals surface area contributed by atoms with Crippen LogP contribution < -0.4 is 14.9 Å². The van der Waals surface area contributed by atoms with Gasteiger partial charge in [-0.15, -0.1) is 0 Å². The number of aromatic hydroxyl groups is 2. The molecule has 0 unspecified atom stereocenters. The number of aliphatic hydroxyl groups is 6. The van der Waals surface area contributed by atoms with Crippen LogP contribution >= 0.6 is 0 Å². The topological polar surface area (TPSA) is 255 Å². The molecule has 0 aliphatic carbocycles. The summed E-state index contributed by atoms with van der Waals surface area (Å²) in [6.45, 7) is -0.0700. The number of aliphatic hydroxyl groups excluding tert-OH is 6. The van der Waals surface area contributed by atoms with E-state index in [0.29, 0.717) is 0 Å². The first-order valence-corrected chi connectivity index (χ1v) is 13.7. The summed E-state index contributed by atoms with van der Waals surface area (Å²) in [4.78, 5) is 24.8. The van der Waals surface area contributed by atoms with Crippen LogP contribution in [0, 0.1) is 0 Å². The molecule has 5 rings (SSSR count). The fourth-order valence-electron chi connectivity index (χ4n) is 5.33. The molecule has 9 atom stereocenters. The van der Waals surface area contributed by atoms with Gasteiger partial charge < -0.3 is 69.0 Å². The number of phenols is 2. The minimum Gasteiger partial charge on any atom is -0.507 e. The first-order chi connectivity index (χ1) is 21.4. The third kappa shape index (κ3) is 6.07. The average molecular weight is 637 g/mol. The van der Waals surface area contributed by atoms with Gasteiger partial charge in [0.05, 0.1) is 25.9 Å². The van der Waals surface area contributed by atoms with Crippen molar-refractivity contribution < 1.29 is 73.7 Å². The van der Waals surface area contributed by atoms with Gasteiger partial charge in [-0.2, -0.15) is 0 Å². The van der Waals surface area contributed by atoms with Gasteiger partial charge in [-0.25, -0.2) is 0 Å². The van der Waals surface area contributed by atoms with E-state index in [1.807, 2.05) is 0 Å². The lowest BCUT2D eigenvalue weighted by Crippen LogP contribution is -2.61. The Bertz CT molecular complexity index is 1620. The Kier molecular flexibility index (Phi) is 9.31. The number of esters is 1. The molecule has 16 nitrogen and oxygen atoms in total. The first kappa shape index (κ1) is 32.6. The minimum atomic E-state index is -1.89. The zero-order valence-corrected chi connectivity index (χ0v) is 23.8. The number of carbonyl (C=O) groups excluding carboxylic acids is 1. The van der Waals surface area contributed by atoms with Crippen LogP contribution in [0.4, 0.5) is 0 Å². The Morgan fingerprint density at radius 2 is 1.69 bits per heavy atom. The molecule has 45 heavy (non-hydrogen) atoms. The summed E-state index contributed by atoms with van der Waals surface area (Å²) in [7, 11) is 1.33. The van der Waals surface area contributed by atoms with Crippen LogP contribution in [0.25, 0.3) is 22.3 Å². The van der Waals surface area contributed by atoms with Gasteiger partial charge in [0.2, 0.25) is 0 Å². The highest BCUT2D eigenvalue weighted by atomic mass is 16.7.